The van der Waals surface area contributed by atoms with Gasteiger partial charge in [0.15, 0.2) is 17.3 Å². The third-order valence-corrected chi connectivity index (χ3v) is 4.83. The van der Waals surface area contributed by atoms with Crippen LogP contribution in [-0.2, 0) is 4.79 Å². The largest absolute Gasteiger partial charge is 0.480 e. The van der Waals surface area contributed by atoms with Gasteiger partial charge >= 0.3 is 5.97 Å². The number of ketones is 1. The highest BCUT2D eigenvalue weighted by atomic mass is 32.2. The number of benzene rings is 2. The number of ether oxygens (including phenoxy) is 2. The first-order valence-electron chi connectivity index (χ1n) is 7.20. The fourth-order valence-corrected chi connectivity index (χ4v) is 3.28. The quantitative estimate of drug-likeness (QED) is 0.611. The third-order valence-electron chi connectivity index (χ3n) is 3.54. The number of nitrogens with two attached hydrogens (primary N) is 1. The number of thioether (sulfide) groups is 1. The number of rotatable bonds is 6. The Balaban J connectivity index is 1.80. The summed E-state index contributed by atoms with van der Waals surface area (Å²) >= 11 is 1.05. The van der Waals surface area contributed by atoms with Crippen LogP contribution in [0.3, 0.4) is 0 Å². The van der Waals surface area contributed by atoms with Crippen molar-refractivity contribution in [2.45, 2.75) is 16.2 Å². The molecule has 6 nitrogen and oxygen atoms in total. The van der Waals surface area contributed by atoms with Crippen molar-refractivity contribution in [2.24, 2.45) is 5.73 Å². The topological polar surface area (TPSA) is 98.9 Å². The second kappa shape index (κ2) is 6.94. The third kappa shape index (κ3) is 3.37. The molecular formula is C17H15NO5S. The molecule has 3 N–H and O–H groups in total. The van der Waals surface area contributed by atoms with Gasteiger partial charge in [-0.15, -0.1) is 11.8 Å². The Labute approximate surface area is 142 Å². The zero-order valence-corrected chi connectivity index (χ0v) is 13.4. The summed E-state index contributed by atoms with van der Waals surface area (Å²) in [5, 5.41) is 8.37. The Morgan fingerprint density at radius 3 is 2.50 bits per heavy atom. The van der Waals surface area contributed by atoms with E-state index in [-0.39, 0.29) is 6.79 Å². The number of Topliss-reactive ketones (excluding diaryl/α,β-unsaturated/α-hetero) is 1. The van der Waals surface area contributed by atoms with Crippen molar-refractivity contribution < 1.29 is 24.2 Å². The van der Waals surface area contributed by atoms with Crippen molar-refractivity contribution >= 4 is 23.5 Å². The maximum absolute atomic E-state index is 12.6. The van der Waals surface area contributed by atoms with Crippen LogP contribution in [0, 0.1) is 0 Å². The lowest BCUT2D eigenvalue weighted by Crippen LogP contribution is -2.44. The SMILES string of the molecule is N[C@H](C(=O)c1ccc2c(c1)OCO2)[C@H](Sc1ccccc1)C(=O)O. The van der Waals surface area contributed by atoms with Crippen LogP contribution in [0.2, 0.25) is 0 Å². The molecule has 1 aliphatic heterocycles. The highest BCUT2D eigenvalue weighted by Crippen LogP contribution is 2.33. The zero-order valence-electron chi connectivity index (χ0n) is 12.5. The van der Waals surface area contributed by atoms with Gasteiger partial charge < -0.3 is 20.3 Å². The Morgan fingerprint density at radius 1 is 1.08 bits per heavy atom. The van der Waals surface area contributed by atoms with E-state index in [1.165, 1.54) is 6.07 Å². The Hall–Kier alpha value is -2.51. The molecule has 0 aliphatic carbocycles. The number of carboxylic acid groups (broad SMARTS) is 1. The summed E-state index contributed by atoms with van der Waals surface area (Å²) in [7, 11) is 0. The molecule has 1 aliphatic rings. The van der Waals surface area contributed by atoms with E-state index in [9.17, 15) is 14.7 Å². The highest BCUT2D eigenvalue weighted by Gasteiger charge is 2.33. The van der Waals surface area contributed by atoms with Crippen molar-refractivity contribution in [1.29, 1.82) is 0 Å². The number of fused-ring (bicyclic) bond motifs is 1. The second-order valence-electron chi connectivity index (χ2n) is 5.15. The van der Waals surface area contributed by atoms with Crippen LogP contribution in [0.15, 0.2) is 53.4 Å². The van der Waals surface area contributed by atoms with Crippen molar-refractivity contribution in [3.8, 4) is 11.5 Å². The van der Waals surface area contributed by atoms with Crippen molar-refractivity contribution in [3.05, 3.63) is 54.1 Å². The lowest BCUT2D eigenvalue weighted by molar-refractivity contribution is -0.136. The van der Waals surface area contributed by atoms with Gasteiger partial charge in [0.2, 0.25) is 6.79 Å². The van der Waals surface area contributed by atoms with Gasteiger partial charge in [0, 0.05) is 10.5 Å². The van der Waals surface area contributed by atoms with E-state index in [4.69, 9.17) is 15.2 Å². The Kier molecular flexibility index (Phi) is 4.73. The smallest absolute Gasteiger partial charge is 0.319 e. The summed E-state index contributed by atoms with van der Waals surface area (Å²) in [6.07, 6.45) is 0. The minimum absolute atomic E-state index is 0.0979. The van der Waals surface area contributed by atoms with Gasteiger partial charge in [0.25, 0.3) is 0 Å². The van der Waals surface area contributed by atoms with Gasteiger partial charge in [-0.3, -0.25) is 9.59 Å². The van der Waals surface area contributed by atoms with Crippen molar-refractivity contribution in [1.82, 2.24) is 0 Å². The number of carboxylic acids is 1. The molecule has 124 valence electrons. The maximum atomic E-state index is 12.6. The first kappa shape index (κ1) is 16.4. The van der Waals surface area contributed by atoms with Crippen LogP contribution in [0.1, 0.15) is 10.4 Å². The van der Waals surface area contributed by atoms with Gasteiger partial charge in [-0.1, -0.05) is 18.2 Å². The predicted octanol–water partition coefficient (Wildman–Crippen LogP) is 2.17. The van der Waals surface area contributed by atoms with Gasteiger partial charge in [-0.05, 0) is 30.3 Å². The number of carbonyl (C=O) groups is 2. The van der Waals surface area contributed by atoms with E-state index in [1.807, 2.05) is 6.07 Å². The van der Waals surface area contributed by atoms with E-state index >= 15 is 0 Å². The summed E-state index contributed by atoms with van der Waals surface area (Å²) in [5.74, 6) is -0.584. The van der Waals surface area contributed by atoms with Crippen LogP contribution in [0.5, 0.6) is 11.5 Å². The number of hydrogen-bond donors (Lipinski definition) is 2. The van der Waals surface area contributed by atoms with E-state index in [2.05, 4.69) is 0 Å². The van der Waals surface area contributed by atoms with Gasteiger partial charge in [-0.25, -0.2) is 0 Å². The first-order valence-corrected chi connectivity index (χ1v) is 8.08. The number of hydrogen-bond acceptors (Lipinski definition) is 6. The normalized spacial score (nSPS) is 14.9. The zero-order chi connectivity index (χ0) is 17.1. The molecule has 0 unspecified atom stereocenters. The minimum atomic E-state index is -1.19. The van der Waals surface area contributed by atoms with Crippen LogP contribution < -0.4 is 15.2 Å². The molecular weight excluding hydrogens is 330 g/mol. The summed E-state index contributed by atoms with van der Waals surface area (Å²) in [6, 6.07) is 12.5. The molecule has 3 rings (SSSR count). The molecule has 0 saturated heterocycles. The number of aliphatic carboxylic acids is 1. The molecule has 0 aromatic heterocycles. The monoisotopic (exact) mass is 345 g/mol. The van der Waals surface area contributed by atoms with Crippen molar-refractivity contribution in [2.75, 3.05) is 6.79 Å². The molecule has 0 fully saturated rings. The summed E-state index contributed by atoms with van der Waals surface area (Å²) in [4.78, 5) is 24.9. The van der Waals surface area contributed by atoms with E-state index in [1.54, 1.807) is 36.4 Å². The Bertz CT molecular complexity index is 765. The maximum Gasteiger partial charge on any atom is 0.319 e. The second-order valence-corrected chi connectivity index (χ2v) is 6.36. The average Bonchev–Trinajstić information content (AvgIpc) is 3.06. The molecule has 0 saturated carbocycles. The van der Waals surface area contributed by atoms with E-state index in [0.29, 0.717) is 17.1 Å². The Morgan fingerprint density at radius 2 is 1.79 bits per heavy atom. The number of carbonyl (C=O) groups excluding carboxylic acids is 1. The molecule has 2 aromatic rings. The van der Waals surface area contributed by atoms with Gasteiger partial charge in [0.05, 0.1) is 6.04 Å². The van der Waals surface area contributed by atoms with Crippen molar-refractivity contribution in [3.63, 3.8) is 0 Å². The molecule has 24 heavy (non-hydrogen) atoms. The molecule has 0 spiro atoms. The lowest BCUT2D eigenvalue weighted by Gasteiger charge is -2.19. The van der Waals surface area contributed by atoms with Gasteiger partial charge in [0.1, 0.15) is 5.25 Å². The molecule has 0 amide bonds. The molecule has 7 heteroatoms. The average molecular weight is 345 g/mol. The van der Waals surface area contributed by atoms with Crippen LogP contribution in [-0.4, -0.2) is 34.9 Å². The lowest BCUT2D eigenvalue weighted by atomic mass is 10.0. The fourth-order valence-electron chi connectivity index (χ4n) is 2.30. The van der Waals surface area contributed by atoms with E-state index < -0.39 is 23.0 Å². The predicted molar refractivity (Wildman–Crippen MR) is 88.6 cm³/mol. The van der Waals surface area contributed by atoms with Crippen LogP contribution in [0.4, 0.5) is 0 Å². The summed E-state index contributed by atoms with van der Waals surface area (Å²) in [6.45, 7) is 0.0979. The molecule has 0 radical (unpaired) electrons. The van der Waals surface area contributed by atoms with Gasteiger partial charge in [-0.2, -0.15) is 0 Å². The summed E-state index contributed by atoms with van der Waals surface area (Å²) < 4.78 is 10.4. The van der Waals surface area contributed by atoms with Crippen LogP contribution >= 0.6 is 11.8 Å². The standard InChI is InChI=1S/C17H15NO5S/c18-14(16(17(20)21)24-11-4-2-1-3-5-11)15(19)10-6-7-12-13(8-10)23-9-22-12/h1-8,14,16H,9,18H2,(H,20,21)/t14-,16+/m1/s1. The molecule has 1 heterocycles. The fraction of sp³-hybridized carbons (Fsp3) is 0.176. The molecule has 2 atom stereocenters. The molecule has 0 bridgehead atoms. The highest BCUT2D eigenvalue weighted by molar-refractivity contribution is 8.00. The van der Waals surface area contributed by atoms with E-state index in [0.717, 1.165) is 16.7 Å². The molecule has 2 aromatic carbocycles. The van der Waals surface area contributed by atoms with Crippen LogP contribution in [0.25, 0.3) is 0 Å². The minimum Gasteiger partial charge on any atom is -0.480 e. The first-order chi connectivity index (χ1) is 11.6. The summed E-state index contributed by atoms with van der Waals surface area (Å²) in [5.41, 5.74) is 6.26.